The number of carbonyl (C=O) groups excluding carboxylic acids is 3. The molecular formula is C37H52N8O6. The van der Waals surface area contributed by atoms with Crippen molar-refractivity contribution >= 4 is 17.7 Å². The lowest BCUT2D eigenvalue weighted by Crippen LogP contribution is -2.56. The first-order chi connectivity index (χ1) is 24.4. The van der Waals surface area contributed by atoms with E-state index in [4.69, 9.17) is 10.5 Å². The number of nitrogens with one attached hydrogen (secondary N) is 3. The summed E-state index contributed by atoms with van der Waals surface area (Å²) in [5.41, 5.74) is 8.80. The largest absolute Gasteiger partial charge is 0.391 e. The van der Waals surface area contributed by atoms with Crippen LogP contribution in [0, 0.1) is 11.3 Å². The molecule has 0 radical (unpaired) electrons. The van der Waals surface area contributed by atoms with Gasteiger partial charge in [-0.15, -0.1) is 5.10 Å². The van der Waals surface area contributed by atoms with E-state index in [1.54, 1.807) is 6.20 Å². The summed E-state index contributed by atoms with van der Waals surface area (Å²) >= 11 is 0. The number of fused-ring (bicyclic) bond motifs is 3. The van der Waals surface area contributed by atoms with Gasteiger partial charge in [0, 0.05) is 26.1 Å². The molecule has 0 spiro atoms. The fraction of sp³-hybridized carbons (Fsp3) is 0.541. The standard InChI is InChI=1S/C37H52N8O6/c1-37(2,3)32-36(50)44-22-29(46)19-31(44)35(49)41-30(18-24-11-13-26(14-12-24)25-8-5-4-6-9-25)34(48)39-15-7-10-27(20-38)33(47)40-16-17-51-23-28-21-45(32)43-42-28/h4-6,8-9,11-14,21,27,29-32,34,39,46,48H,7,10,15-20,22-23,38H2,1-3H3,(H,40,47)(H,41,49)/t27-,29-,30-,31+,32-,34?/m1/s1. The molecule has 0 saturated carbocycles. The van der Waals surface area contributed by atoms with E-state index in [0.717, 1.165) is 16.7 Å². The molecule has 2 bridgehead atoms. The molecule has 5 rings (SSSR count). The zero-order chi connectivity index (χ0) is 36.5. The van der Waals surface area contributed by atoms with Crippen molar-refractivity contribution < 1.29 is 29.3 Å². The highest BCUT2D eigenvalue weighted by Gasteiger charge is 2.45. The molecule has 51 heavy (non-hydrogen) atoms. The molecule has 1 saturated heterocycles. The predicted molar refractivity (Wildman–Crippen MR) is 191 cm³/mol. The van der Waals surface area contributed by atoms with Crippen molar-refractivity contribution in [3.63, 3.8) is 0 Å². The van der Waals surface area contributed by atoms with Crippen LogP contribution in [0.4, 0.5) is 0 Å². The summed E-state index contributed by atoms with van der Waals surface area (Å²) in [7, 11) is 0. The molecule has 2 aromatic carbocycles. The molecule has 7 N–H and O–H groups in total. The van der Waals surface area contributed by atoms with E-state index in [2.05, 4.69) is 26.3 Å². The minimum absolute atomic E-state index is 0.0192. The number of amides is 3. The lowest BCUT2D eigenvalue weighted by molar-refractivity contribution is -0.144. The average Bonchev–Trinajstić information content (AvgIpc) is 3.73. The second kappa shape index (κ2) is 17.3. The Labute approximate surface area is 299 Å². The summed E-state index contributed by atoms with van der Waals surface area (Å²) in [5.74, 6) is -1.43. The van der Waals surface area contributed by atoms with Crippen molar-refractivity contribution in [2.75, 3.05) is 32.8 Å². The fourth-order valence-electron chi connectivity index (χ4n) is 6.75. The second-order valence-electron chi connectivity index (χ2n) is 14.6. The third-order valence-electron chi connectivity index (χ3n) is 9.50. The van der Waals surface area contributed by atoms with Crippen LogP contribution in [0.2, 0.25) is 0 Å². The number of carbonyl (C=O) groups is 3. The van der Waals surface area contributed by atoms with Gasteiger partial charge in [0.05, 0.1) is 37.5 Å². The minimum atomic E-state index is -1.16. The number of hydrogen-bond acceptors (Lipinski definition) is 10. The van der Waals surface area contributed by atoms with Crippen LogP contribution in [0.3, 0.4) is 0 Å². The van der Waals surface area contributed by atoms with Crippen molar-refractivity contribution in [1.82, 2.24) is 35.8 Å². The van der Waals surface area contributed by atoms with E-state index in [0.29, 0.717) is 31.5 Å². The lowest BCUT2D eigenvalue weighted by atomic mass is 9.85. The van der Waals surface area contributed by atoms with Gasteiger partial charge in [-0.05, 0) is 47.9 Å². The van der Waals surface area contributed by atoms with E-state index in [1.165, 1.54) is 9.58 Å². The van der Waals surface area contributed by atoms with Crippen LogP contribution >= 0.6 is 0 Å². The van der Waals surface area contributed by atoms with Gasteiger partial charge < -0.3 is 36.2 Å². The van der Waals surface area contributed by atoms with Gasteiger partial charge in [-0.2, -0.15) is 0 Å². The maximum absolute atomic E-state index is 14.3. The quantitative estimate of drug-likeness (QED) is 0.229. The SMILES string of the molecule is CC(C)(C)[C@H]1C(=O)N2C[C@H](O)C[C@H]2C(=O)N[C@H](Cc2ccc(-c3ccccc3)cc2)C(O)NCCC[C@H](CN)C(=O)NCCOCc2cn1nn2. The van der Waals surface area contributed by atoms with Crippen LogP contribution in [0.15, 0.2) is 60.8 Å². The molecule has 6 atom stereocenters. The molecule has 0 aliphatic carbocycles. The Hall–Kier alpha value is -4.21. The number of ether oxygens (including phenoxy) is 1. The highest BCUT2D eigenvalue weighted by Crippen LogP contribution is 2.34. The summed E-state index contributed by atoms with van der Waals surface area (Å²) in [5, 5.41) is 39.6. The van der Waals surface area contributed by atoms with Crippen LogP contribution in [0.5, 0.6) is 0 Å². The molecule has 3 amide bonds. The molecule has 1 unspecified atom stereocenters. The van der Waals surface area contributed by atoms with E-state index < -0.39 is 47.7 Å². The normalized spacial score (nSPS) is 26.4. The number of aliphatic hydroxyl groups is 2. The summed E-state index contributed by atoms with van der Waals surface area (Å²) in [6.45, 7) is 6.87. The zero-order valence-corrected chi connectivity index (χ0v) is 29.7. The number of nitrogens with zero attached hydrogens (tertiary/aromatic N) is 4. The van der Waals surface area contributed by atoms with Gasteiger partial charge in [0.1, 0.15) is 24.0 Å². The van der Waals surface area contributed by atoms with Gasteiger partial charge >= 0.3 is 0 Å². The van der Waals surface area contributed by atoms with E-state index in [9.17, 15) is 24.6 Å². The highest BCUT2D eigenvalue weighted by atomic mass is 16.5. The van der Waals surface area contributed by atoms with Gasteiger partial charge in [0.15, 0.2) is 0 Å². The first kappa shape index (κ1) is 38.0. The molecule has 1 aromatic heterocycles. The minimum Gasteiger partial charge on any atom is -0.391 e. The monoisotopic (exact) mass is 704 g/mol. The number of aromatic nitrogens is 3. The third kappa shape index (κ3) is 9.98. The highest BCUT2D eigenvalue weighted by molar-refractivity contribution is 5.90. The molecular weight excluding hydrogens is 652 g/mol. The Morgan fingerprint density at radius 2 is 1.71 bits per heavy atom. The number of nitrogens with two attached hydrogens (primary N) is 1. The van der Waals surface area contributed by atoms with Crippen molar-refractivity contribution in [2.24, 2.45) is 17.1 Å². The van der Waals surface area contributed by atoms with E-state index in [-0.39, 0.29) is 51.1 Å². The summed E-state index contributed by atoms with van der Waals surface area (Å²) in [4.78, 5) is 42.6. The number of aliphatic hydroxyl groups excluding tert-OH is 2. The summed E-state index contributed by atoms with van der Waals surface area (Å²) in [6.07, 6.45) is 0.973. The number of rotatable bonds is 4. The van der Waals surface area contributed by atoms with Gasteiger partial charge in [0.25, 0.3) is 0 Å². The van der Waals surface area contributed by atoms with Crippen LogP contribution in [-0.2, 0) is 32.1 Å². The first-order valence-corrected chi connectivity index (χ1v) is 17.8. The maximum atomic E-state index is 14.3. The Kier molecular flexibility index (Phi) is 12.9. The molecule has 14 nitrogen and oxygen atoms in total. The molecule has 276 valence electrons. The van der Waals surface area contributed by atoms with Crippen LogP contribution in [0.1, 0.15) is 57.3 Å². The lowest BCUT2D eigenvalue weighted by Gasteiger charge is -2.35. The van der Waals surface area contributed by atoms with Crippen molar-refractivity contribution in [3.05, 3.63) is 72.1 Å². The van der Waals surface area contributed by atoms with Gasteiger partial charge in [-0.1, -0.05) is 80.6 Å². The molecule has 1 fully saturated rings. The zero-order valence-electron chi connectivity index (χ0n) is 29.7. The Morgan fingerprint density at radius 3 is 2.41 bits per heavy atom. The average molecular weight is 705 g/mol. The van der Waals surface area contributed by atoms with Crippen LogP contribution in [0.25, 0.3) is 11.1 Å². The predicted octanol–water partition coefficient (Wildman–Crippen LogP) is 1.13. The molecule has 3 heterocycles. The Bertz CT molecular complexity index is 1590. The van der Waals surface area contributed by atoms with Gasteiger partial charge in [0.2, 0.25) is 17.7 Å². The van der Waals surface area contributed by atoms with Gasteiger partial charge in [-0.3, -0.25) is 19.7 Å². The van der Waals surface area contributed by atoms with E-state index in [1.807, 2.05) is 75.4 Å². The van der Waals surface area contributed by atoms with Crippen LogP contribution < -0.4 is 21.7 Å². The smallest absolute Gasteiger partial charge is 0.248 e. The topological polar surface area (TPSA) is 197 Å². The van der Waals surface area contributed by atoms with Crippen molar-refractivity contribution in [3.8, 4) is 11.1 Å². The summed E-state index contributed by atoms with van der Waals surface area (Å²) in [6, 6.07) is 15.3. The number of benzene rings is 2. The molecule has 14 heteroatoms. The fourth-order valence-corrected chi connectivity index (χ4v) is 6.75. The molecule has 3 aromatic rings. The van der Waals surface area contributed by atoms with Crippen LogP contribution in [-0.4, -0.2) is 105 Å². The Balaban J connectivity index is 1.41. The third-order valence-corrected chi connectivity index (χ3v) is 9.50. The Morgan fingerprint density at radius 1 is 0.980 bits per heavy atom. The van der Waals surface area contributed by atoms with E-state index >= 15 is 0 Å². The molecule has 2 aliphatic heterocycles. The summed E-state index contributed by atoms with van der Waals surface area (Å²) < 4.78 is 7.20. The maximum Gasteiger partial charge on any atom is 0.248 e. The second-order valence-corrected chi connectivity index (χ2v) is 14.6. The molecule has 2 aliphatic rings. The van der Waals surface area contributed by atoms with Crippen molar-refractivity contribution in [2.45, 2.75) is 83.5 Å². The van der Waals surface area contributed by atoms with Crippen molar-refractivity contribution in [1.29, 1.82) is 0 Å². The number of hydrogen-bond donors (Lipinski definition) is 6. The van der Waals surface area contributed by atoms with Gasteiger partial charge in [-0.25, -0.2) is 4.68 Å². The first-order valence-electron chi connectivity index (χ1n) is 17.8.